The van der Waals surface area contributed by atoms with Crippen LogP contribution in [-0.2, 0) is 14.2 Å². The molecule has 0 rings (SSSR count). The third-order valence-electron chi connectivity index (χ3n) is 0.512. The zero-order valence-electron chi connectivity index (χ0n) is 13.2. The van der Waals surface area contributed by atoms with Gasteiger partial charge in [-0.3, -0.25) is 0 Å². The molecule has 0 aromatic carbocycles. The van der Waals surface area contributed by atoms with E-state index in [1.54, 1.807) is 0 Å². The van der Waals surface area contributed by atoms with E-state index in [1.165, 1.54) is 0 Å². The molecule has 17 nitrogen and oxygen atoms in total. The van der Waals surface area contributed by atoms with E-state index in [9.17, 15) is 0 Å². The normalized spacial score (nSPS) is 6.00. The van der Waals surface area contributed by atoms with Gasteiger partial charge in [0.1, 0.15) is 0 Å². The van der Waals surface area contributed by atoms with Gasteiger partial charge in [-0.05, 0) is 0 Å². The van der Waals surface area contributed by atoms with Crippen LogP contribution in [0.2, 0.25) is 0 Å². The Hall–Kier alpha value is -0.860. The molecule has 0 atom stereocenters. The van der Waals surface area contributed by atoms with Crippen LogP contribution in [0.4, 0.5) is 28.8 Å². The van der Waals surface area contributed by atoms with E-state index in [-0.39, 0.29) is 99.6 Å². The van der Waals surface area contributed by atoms with Gasteiger partial charge in [-0.15, -0.1) is 0 Å². The molecule has 0 bridgehead atoms. The molecule has 20 heteroatoms. The summed E-state index contributed by atoms with van der Waals surface area (Å²) < 4.78 is 8.92. The van der Waals surface area contributed by atoms with E-state index >= 15 is 0 Å². The summed E-state index contributed by atoms with van der Waals surface area (Å²) in [5.41, 5.74) is 0. The van der Waals surface area contributed by atoms with Gasteiger partial charge in [-0.1, -0.05) is 0 Å². The molecule has 136 valence electrons. The maximum Gasteiger partial charge on any atom is 1.00 e. The van der Waals surface area contributed by atoms with Crippen molar-refractivity contribution in [2.24, 2.45) is 0 Å². The Kier molecular flexibility index (Phi) is 61.1. The molecule has 0 aliphatic rings. The summed E-state index contributed by atoms with van der Waals surface area (Å²) in [6.45, 7) is 0. The molecule has 0 saturated carbocycles. The summed E-state index contributed by atoms with van der Waals surface area (Å²) in [5.74, 6) is 0. The van der Waals surface area contributed by atoms with E-state index < -0.39 is 36.9 Å². The Balaban J connectivity index is -0.0000000284. The average Bonchev–Trinajstić information content (AvgIpc) is 2.10. The van der Waals surface area contributed by atoms with Gasteiger partial charge in [0.2, 0.25) is 0 Å². The van der Waals surface area contributed by atoms with Crippen LogP contribution >= 0.6 is 0 Å². The maximum atomic E-state index is 9.17. The maximum absolute atomic E-state index is 9.17. The smallest absolute Gasteiger partial charge is 0.464 e. The molecule has 0 amide bonds. The molecule has 0 radical (unpaired) electrons. The second-order valence-corrected chi connectivity index (χ2v) is 1.85. The van der Waals surface area contributed by atoms with Crippen molar-refractivity contribution >= 4 is 36.9 Å². The Labute approximate surface area is 208 Å². The first-order chi connectivity index (χ1) is 9.38. The fourth-order valence-electron chi connectivity index (χ4n) is 0.214. The summed E-state index contributed by atoms with van der Waals surface area (Å²) >= 11 is 0. The van der Waals surface area contributed by atoms with Gasteiger partial charge in [-0.2, -0.15) is 0 Å². The SMILES string of the molecule is O.O.O=C([O-])OC(=O)O.O=C([O-])OC(=O)O.O=C([O-])OC(=O)O.[Na+].[Na+].[Na+]. The summed E-state index contributed by atoms with van der Waals surface area (Å²) in [6.07, 6.45) is -11.8. The molecule has 0 saturated heterocycles. The van der Waals surface area contributed by atoms with Crippen LogP contribution < -0.4 is 104 Å². The van der Waals surface area contributed by atoms with Crippen LogP contribution in [0.3, 0.4) is 0 Å². The van der Waals surface area contributed by atoms with E-state index in [4.69, 9.17) is 59.4 Å². The van der Waals surface area contributed by atoms with Gasteiger partial charge in [-0.25, -0.2) is 14.4 Å². The predicted molar refractivity (Wildman–Crippen MR) is 50.7 cm³/mol. The Bertz CT molecular complexity index is 323. The third-order valence-corrected chi connectivity index (χ3v) is 0.512. The Morgan fingerprint density at radius 1 is 0.500 bits per heavy atom. The number of carbonyl (C=O) groups excluding carboxylic acids is 3. The first-order valence-electron chi connectivity index (χ1n) is 3.73. The predicted octanol–water partition coefficient (Wildman–Crippen LogP) is -13.6. The fraction of sp³-hybridized carbons (Fsp3) is 0. The summed E-state index contributed by atoms with van der Waals surface area (Å²) in [7, 11) is 0. The zero-order valence-corrected chi connectivity index (χ0v) is 19.2. The minimum Gasteiger partial charge on any atom is -0.464 e. The second kappa shape index (κ2) is 31.9. The molecule has 0 aromatic heterocycles. The van der Waals surface area contributed by atoms with Crippen molar-refractivity contribution in [1.29, 1.82) is 0 Å². The van der Waals surface area contributed by atoms with E-state index in [0.717, 1.165) is 0 Å². The molecule has 0 fully saturated rings. The molecule has 0 aromatic rings. The standard InChI is InChI=1S/3C2H2O5.3Na.2H2O/c3*3-1(4)7-2(5)6;;;;;/h3*(H,3,4)(H,5,6);;;;2*1H2/q;;;3*+1;;/p-3. The number of hydrogen-bond donors (Lipinski definition) is 3. The van der Waals surface area contributed by atoms with Crippen molar-refractivity contribution in [3.63, 3.8) is 0 Å². The first kappa shape index (κ1) is 49.9. The second-order valence-electron chi connectivity index (χ2n) is 1.85. The Morgan fingerprint density at radius 3 is 0.615 bits per heavy atom. The van der Waals surface area contributed by atoms with Gasteiger partial charge < -0.3 is 70.2 Å². The number of hydrogen-bond acceptors (Lipinski definition) is 12. The monoisotopic (exact) mass is 420 g/mol. The summed E-state index contributed by atoms with van der Waals surface area (Å²) in [6, 6.07) is 0. The zero-order chi connectivity index (χ0) is 17.6. The molecule has 0 heterocycles. The van der Waals surface area contributed by atoms with Crippen LogP contribution in [-0.4, -0.2) is 63.2 Å². The van der Waals surface area contributed by atoms with Gasteiger partial charge in [0.15, 0.2) is 0 Å². The number of ether oxygens (including phenoxy) is 3. The minimum absolute atomic E-state index is 0. The fourth-order valence-corrected chi connectivity index (χ4v) is 0.214. The van der Waals surface area contributed by atoms with Gasteiger partial charge >= 0.3 is 107 Å². The van der Waals surface area contributed by atoms with Crippen LogP contribution in [0.1, 0.15) is 0 Å². The van der Waals surface area contributed by atoms with E-state index in [2.05, 4.69) is 14.2 Å². The largest absolute Gasteiger partial charge is 1.00 e. The van der Waals surface area contributed by atoms with Crippen LogP contribution in [0, 0.1) is 0 Å². The number of carbonyl (C=O) groups is 6. The molecule has 7 N–H and O–H groups in total. The van der Waals surface area contributed by atoms with E-state index in [1.807, 2.05) is 0 Å². The molecule has 0 spiro atoms. The number of carboxylic acid groups (broad SMARTS) is 6. The molecule has 0 aliphatic carbocycles. The van der Waals surface area contributed by atoms with Crippen molar-refractivity contribution < 1.29 is 173 Å². The average molecular weight is 420 g/mol. The summed E-state index contributed by atoms with van der Waals surface area (Å²) in [4.78, 5) is 54.8. The topological polar surface area (TPSA) is 323 Å². The van der Waals surface area contributed by atoms with Crippen molar-refractivity contribution in [2.45, 2.75) is 0 Å². The molecule has 26 heavy (non-hydrogen) atoms. The van der Waals surface area contributed by atoms with Crippen molar-refractivity contribution in [1.82, 2.24) is 0 Å². The molecular weight excluding hydrogens is 413 g/mol. The van der Waals surface area contributed by atoms with Gasteiger partial charge in [0, 0.05) is 0 Å². The van der Waals surface area contributed by atoms with Crippen molar-refractivity contribution in [2.75, 3.05) is 0 Å². The molecule has 0 aliphatic heterocycles. The van der Waals surface area contributed by atoms with Crippen molar-refractivity contribution in [3.8, 4) is 0 Å². The Morgan fingerprint density at radius 2 is 0.615 bits per heavy atom. The first-order valence-corrected chi connectivity index (χ1v) is 3.73. The molecule has 0 unspecified atom stereocenters. The molecular formula is C6H7Na3O17. The third kappa shape index (κ3) is 91.4. The quantitative estimate of drug-likeness (QED) is 0.142. The van der Waals surface area contributed by atoms with Crippen LogP contribution in [0.5, 0.6) is 0 Å². The van der Waals surface area contributed by atoms with Crippen LogP contribution in [0.25, 0.3) is 0 Å². The van der Waals surface area contributed by atoms with Gasteiger partial charge in [0.05, 0.1) is 0 Å². The number of rotatable bonds is 0. The minimum atomic E-state index is -2.06. The van der Waals surface area contributed by atoms with Gasteiger partial charge in [0.25, 0.3) is 18.5 Å². The van der Waals surface area contributed by atoms with Crippen LogP contribution in [0.15, 0.2) is 0 Å². The van der Waals surface area contributed by atoms with Crippen molar-refractivity contribution in [3.05, 3.63) is 0 Å². The van der Waals surface area contributed by atoms with E-state index in [0.29, 0.717) is 0 Å². The summed E-state index contributed by atoms with van der Waals surface area (Å²) in [5, 5.41) is 49.6.